The number of halogens is 5. The number of anilines is 1. The first kappa shape index (κ1) is 24.2. The Hall–Kier alpha value is -2.97. The summed E-state index contributed by atoms with van der Waals surface area (Å²) in [4.78, 5) is 15.3. The summed E-state index contributed by atoms with van der Waals surface area (Å²) in [5, 5.41) is 7.24. The lowest BCUT2D eigenvalue weighted by Gasteiger charge is -2.34. The third kappa shape index (κ3) is 4.40. The van der Waals surface area contributed by atoms with Gasteiger partial charge in [0.25, 0.3) is 5.91 Å². The number of allylic oxidation sites excluding steroid dienone is 1. The van der Waals surface area contributed by atoms with Crippen LogP contribution >= 0.6 is 23.2 Å². The number of amides is 1. The number of carbonyl (C=O) groups excluding carboxylic acids is 1. The van der Waals surface area contributed by atoms with Crippen molar-refractivity contribution in [2.24, 2.45) is 0 Å². The third-order valence-corrected chi connectivity index (χ3v) is 6.68. The van der Waals surface area contributed by atoms with Crippen LogP contribution in [-0.4, -0.2) is 27.6 Å². The van der Waals surface area contributed by atoms with Crippen LogP contribution in [0.2, 0.25) is 10.0 Å². The van der Waals surface area contributed by atoms with E-state index in [0.717, 1.165) is 11.6 Å². The lowest BCUT2D eigenvalue weighted by atomic mass is 9.93. The van der Waals surface area contributed by atoms with E-state index in [9.17, 15) is 18.0 Å². The molecule has 4 rings (SSSR count). The van der Waals surface area contributed by atoms with Gasteiger partial charge in [-0.1, -0.05) is 59.6 Å². The molecule has 1 aliphatic rings. The molecule has 0 bridgehead atoms. The van der Waals surface area contributed by atoms with Gasteiger partial charge in [-0.3, -0.25) is 4.79 Å². The molecule has 0 saturated heterocycles. The highest BCUT2D eigenvalue weighted by Gasteiger charge is 2.40. The zero-order chi connectivity index (χ0) is 24.8. The Labute approximate surface area is 204 Å². The maximum Gasteiger partial charge on any atom is 0.435 e. The molecule has 1 aliphatic heterocycles. The average Bonchev–Trinajstić information content (AvgIpc) is 3.23. The normalized spacial score (nSPS) is 16.6. The minimum atomic E-state index is -4.65. The van der Waals surface area contributed by atoms with E-state index >= 15 is 0 Å². The molecule has 2 heterocycles. The lowest BCUT2D eigenvalue weighted by Crippen LogP contribution is -2.37. The second-order valence-corrected chi connectivity index (χ2v) is 8.91. The summed E-state index contributed by atoms with van der Waals surface area (Å²) >= 11 is 12.3. The second-order valence-electron chi connectivity index (χ2n) is 8.10. The van der Waals surface area contributed by atoms with Gasteiger partial charge in [0.1, 0.15) is 11.9 Å². The van der Waals surface area contributed by atoms with Crippen molar-refractivity contribution >= 4 is 34.9 Å². The van der Waals surface area contributed by atoms with Crippen LogP contribution in [0.15, 0.2) is 65.9 Å². The number of carbonyl (C=O) groups is 1. The van der Waals surface area contributed by atoms with Crippen LogP contribution in [0.5, 0.6) is 0 Å². The van der Waals surface area contributed by atoms with Crippen molar-refractivity contribution in [3.8, 4) is 0 Å². The highest BCUT2D eigenvalue weighted by molar-refractivity contribution is 6.42. The number of likely N-dealkylation sites (N-methyl/N-ethyl adjacent to an activating group) is 1. The first-order chi connectivity index (χ1) is 16.0. The molecule has 1 N–H and O–H groups in total. The van der Waals surface area contributed by atoms with Gasteiger partial charge in [-0.2, -0.15) is 18.3 Å². The van der Waals surface area contributed by atoms with Crippen LogP contribution in [0.25, 0.3) is 0 Å². The average molecular weight is 509 g/mol. The van der Waals surface area contributed by atoms with Gasteiger partial charge in [0.2, 0.25) is 0 Å². The van der Waals surface area contributed by atoms with Crippen molar-refractivity contribution in [3.63, 3.8) is 0 Å². The number of nitrogens with one attached hydrogen (secondary N) is 1. The predicted octanol–water partition coefficient (Wildman–Crippen LogP) is 6.72. The van der Waals surface area contributed by atoms with E-state index in [4.69, 9.17) is 23.2 Å². The maximum atomic E-state index is 13.8. The van der Waals surface area contributed by atoms with Gasteiger partial charge in [0, 0.05) is 18.8 Å². The quantitative estimate of drug-likeness (QED) is 0.425. The summed E-state index contributed by atoms with van der Waals surface area (Å²) in [6.07, 6.45) is -4.65. The smallest absolute Gasteiger partial charge is 0.344 e. The number of nitrogens with zero attached hydrogens (tertiary/aromatic N) is 3. The fourth-order valence-electron chi connectivity index (χ4n) is 4.00. The van der Waals surface area contributed by atoms with Crippen LogP contribution in [0.4, 0.5) is 19.0 Å². The summed E-state index contributed by atoms with van der Waals surface area (Å²) < 4.78 is 41.6. The molecule has 34 heavy (non-hydrogen) atoms. The zero-order valence-electron chi connectivity index (χ0n) is 18.5. The number of aromatic nitrogens is 2. The van der Waals surface area contributed by atoms with Crippen LogP contribution < -0.4 is 5.32 Å². The number of hydrogen-bond donors (Lipinski definition) is 1. The van der Waals surface area contributed by atoms with Crippen molar-refractivity contribution in [1.29, 1.82) is 0 Å². The number of fused-ring (bicyclic) bond motifs is 1. The number of alkyl halides is 3. The third-order valence-electron chi connectivity index (χ3n) is 5.94. The molecule has 0 fully saturated rings. The molecule has 1 amide bonds. The monoisotopic (exact) mass is 508 g/mol. The fourth-order valence-corrected chi connectivity index (χ4v) is 4.31. The summed E-state index contributed by atoms with van der Waals surface area (Å²) in [5.41, 5.74) is 1.03. The van der Waals surface area contributed by atoms with Gasteiger partial charge >= 0.3 is 6.18 Å². The molecule has 178 valence electrons. The molecule has 0 saturated carbocycles. The van der Waals surface area contributed by atoms with Crippen molar-refractivity contribution in [2.75, 3.05) is 12.4 Å². The van der Waals surface area contributed by atoms with Crippen molar-refractivity contribution in [2.45, 2.75) is 32.1 Å². The van der Waals surface area contributed by atoms with Crippen LogP contribution in [0.1, 0.15) is 42.8 Å². The van der Waals surface area contributed by atoms with Crippen molar-refractivity contribution < 1.29 is 18.0 Å². The molecule has 1 unspecified atom stereocenters. The molecule has 0 spiro atoms. The Balaban J connectivity index is 1.83. The van der Waals surface area contributed by atoms with Gasteiger partial charge in [-0.25, -0.2) is 4.68 Å². The molecule has 2 atom stereocenters. The largest absolute Gasteiger partial charge is 0.435 e. The maximum absolute atomic E-state index is 13.8. The molecular weight excluding hydrogens is 488 g/mol. The van der Waals surface area contributed by atoms with Gasteiger partial charge in [0.15, 0.2) is 5.69 Å². The number of benzene rings is 2. The van der Waals surface area contributed by atoms with E-state index in [1.54, 1.807) is 37.1 Å². The predicted molar refractivity (Wildman–Crippen MR) is 126 cm³/mol. The zero-order valence-corrected chi connectivity index (χ0v) is 20.0. The lowest BCUT2D eigenvalue weighted by molar-refractivity contribution is -0.141. The molecule has 5 nitrogen and oxygen atoms in total. The van der Waals surface area contributed by atoms with E-state index in [1.165, 1.54) is 4.68 Å². The highest BCUT2D eigenvalue weighted by Crippen LogP contribution is 2.41. The fraction of sp³-hybridized carbons (Fsp3) is 0.250. The molecule has 0 radical (unpaired) electrons. The van der Waals surface area contributed by atoms with E-state index < -0.39 is 17.9 Å². The Morgan fingerprint density at radius 3 is 2.41 bits per heavy atom. The highest BCUT2D eigenvalue weighted by atomic mass is 35.5. The molecular formula is C24H21Cl2F3N4O. The number of hydrogen-bond acceptors (Lipinski definition) is 3. The Morgan fingerprint density at radius 1 is 1.12 bits per heavy atom. The second kappa shape index (κ2) is 9.00. The van der Waals surface area contributed by atoms with Crippen LogP contribution in [0.3, 0.4) is 0 Å². The standard InChI is InChI=1S/C24H21Cl2F3N4O/c1-13-21(23(34)32(3)14(2)15-7-5-4-6-8-15)22(16-9-10-17(25)18(26)11-16)33-20(30-13)12-19(31-33)24(27,28)29/h4-12,14,22,30H,1-3H3/t14-,22?/m1/s1. The van der Waals surface area contributed by atoms with Gasteiger partial charge in [-0.05, 0) is 37.1 Å². The van der Waals surface area contributed by atoms with Crippen LogP contribution in [0, 0.1) is 0 Å². The van der Waals surface area contributed by atoms with E-state index in [0.29, 0.717) is 16.3 Å². The van der Waals surface area contributed by atoms with Gasteiger partial charge in [-0.15, -0.1) is 0 Å². The first-order valence-corrected chi connectivity index (χ1v) is 11.2. The minimum Gasteiger partial charge on any atom is -0.344 e. The van der Waals surface area contributed by atoms with Gasteiger partial charge < -0.3 is 10.2 Å². The summed E-state index contributed by atoms with van der Waals surface area (Å²) in [7, 11) is 1.66. The minimum absolute atomic E-state index is 0.121. The molecule has 3 aromatic rings. The van der Waals surface area contributed by atoms with E-state index in [1.807, 2.05) is 37.3 Å². The Morgan fingerprint density at radius 2 is 1.79 bits per heavy atom. The Kier molecular flexibility index (Phi) is 6.40. The van der Waals surface area contributed by atoms with Crippen molar-refractivity contribution in [3.05, 3.63) is 92.7 Å². The SMILES string of the molecule is CC1=C(C(=O)N(C)[C@H](C)c2ccccc2)C(c2ccc(Cl)c(Cl)c2)n2nc(C(F)(F)F)cc2N1. The number of rotatable bonds is 4. The summed E-state index contributed by atoms with van der Waals surface area (Å²) in [6, 6.07) is 13.9. The first-order valence-electron chi connectivity index (χ1n) is 10.4. The topological polar surface area (TPSA) is 50.2 Å². The van der Waals surface area contributed by atoms with E-state index in [2.05, 4.69) is 10.4 Å². The summed E-state index contributed by atoms with van der Waals surface area (Å²) in [6.45, 7) is 3.54. The molecule has 10 heteroatoms. The molecule has 1 aromatic heterocycles. The van der Waals surface area contributed by atoms with Gasteiger partial charge in [0.05, 0.1) is 21.7 Å². The molecule has 2 aromatic carbocycles. The van der Waals surface area contributed by atoms with Crippen molar-refractivity contribution in [1.82, 2.24) is 14.7 Å². The van der Waals surface area contributed by atoms with E-state index in [-0.39, 0.29) is 28.4 Å². The Bertz CT molecular complexity index is 1270. The van der Waals surface area contributed by atoms with Crippen LogP contribution in [-0.2, 0) is 11.0 Å². The summed E-state index contributed by atoms with van der Waals surface area (Å²) in [5.74, 6) is -0.233. The molecule has 0 aliphatic carbocycles.